The minimum atomic E-state index is -1.05. The summed E-state index contributed by atoms with van der Waals surface area (Å²) < 4.78 is 10.5. The maximum absolute atomic E-state index is 11.6. The van der Waals surface area contributed by atoms with Gasteiger partial charge in [-0.1, -0.05) is 12.1 Å². The van der Waals surface area contributed by atoms with Crippen molar-refractivity contribution in [3.8, 4) is 17.2 Å². The minimum Gasteiger partial charge on any atom is -0.504 e. The van der Waals surface area contributed by atoms with Crippen molar-refractivity contribution in [3.63, 3.8) is 0 Å². The van der Waals surface area contributed by atoms with Crippen molar-refractivity contribution in [2.75, 3.05) is 13.7 Å². The zero-order valence-electron chi connectivity index (χ0n) is 13.9. The van der Waals surface area contributed by atoms with Gasteiger partial charge in [0.05, 0.1) is 19.3 Å². The maximum atomic E-state index is 11.6. The SMILES string of the molecule is CCOc1ccc(/C(=C/c2ccc(OC)c(O)c2)C(=O)O)cc1C. The Labute approximate surface area is 140 Å². The summed E-state index contributed by atoms with van der Waals surface area (Å²) >= 11 is 0. The van der Waals surface area contributed by atoms with E-state index in [4.69, 9.17) is 9.47 Å². The third-order valence-electron chi connectivity index (χ3n) is 3.53. The molecule has 0 radical (unpaired) electrons. The van der Waals surface area contributed by atoms with Crippen molar-refractivity contribution in [2.45, 2.75) is 13.8 Å². The molecule has 0 aliphatic rings. The van der Waals surface area contributed by atoms with Crippen molar-refractivity contribution in [2.24, 2.45) is 0 Å². The normalized spacial score (nSPS) is 11.2. The fourth-order valence-electron chi connectivity index (χ4n) is 2.37. The minimum absolute atomic E-state index is 0.0427. The molecule has 0 fully saturated rings. The van der Waals surface area contributed by atoms with Gasteiger partial charge in [-0.3, -0.25) is 0 Å². The lowest BCUT2D eigenvalue weighted by Crippen LogP contribution is -2.01. The number of aryl methyl sites for hydroxylation is 1. The number of rotatable bonds is 6. The quantitative estimate of drug-likeness (QED) is 0.624. The largest absolute Gasteiger partial charge is 0.504 e. The molecule has 0 bridgehead atoms. The molecule has 5 nitrogen and oxygen atoms in total. The van der Waals surface area contributed by atoms with Crippen molar-refractivity contribution >= 4 is 17.6 Å². The molecule has 2 N–H and O–H groups in total. The second-order valence-corrected chi connectivity index (χ2v) is 5.21. The number of phenolic OH excluding ortho intramolecular Hbond substituents is 1. The number of carboxylic acids is 1. The molecule has 0 aromatic heterocycles. The van der Waals surface area contributed by atoms with Crippen molar-refractivity contribution in [1.29, 1.82) is 0 Å². The Bertz CT molecular complexity index is 777. The average Bonchev–Trinajstić information content (AvgIpc) is 2.54. The topological polar surface area (TPSA) is 76.0 Å². The van der Waals surface area contributed by atoms with Crippen LogP contribution in [0, 0.1) is 6.92 Å². The summed E-state index contributed by atoms with van der Waals surface area (Å²) in [5, 5.41) is 19.4. The highest BCUT2D eigenvalue weighted by atomic mass is 16.5. The number of phenols is 1. The molecule has 0 amide bonds. The van der Waals surface area contributed by atoms with Crippen LogP contribution in [0.5, 0.6) is 17.2 Å². The van der Waals surface area contributed by atoms with Crippen molar-refractivity contribution in [1.82, 2.24) is 0 Å². The number of carbonyl (C=O) groups is 1. The predicted octanol–water partition coefficient (Wildman–Crippen LogP) is 3.73. The molecule has 0 saturated heterocycles. The zero-order chi connectivity index (χ0) is 17.7. The number of ether oxygens (including phenoxy) is 2. The molecular formula is C19H20O5. The average molecular weight is 328 g/mol. The molecule has 0 aliphatic carbocycles. The fourth-order valence-corrected chi connectivity index (χ4v) is 2.37. The third kappa shape index (κ3) is 3.87. The second kappa shape index (κ2) is 7.55. The first kappa shape index (κ1) is 17.4. The fraction of sp³-hybridized carbons (Fsp3) is 0.211. The van der Waals surface area contributed by atoms with E-state index in [0.29, 0.717) is 23.5 Å². The van der Waals surface area contributed by atoms with E-state index in [1.165, 1.54) is 19.3 Å². The molecule has 126 valence electrons. The first-order valence-electron chi connectivity index (χ1n) is 7.52. The predicted molar refractivity (Wildman–Crippen MR) is 92.5 cm³/mol. The van der Waals surface area contributed by atoms with Gasteiger partial charge in [-0.2, -0.15) is 0 Å². The highest BCUT2D eigenvalue weighted by Gasteiger charge is 2.13. The molecule has 5 heteroatoms. The summed E-state index contributed by atoms with van der Waals surface area (Å²) in [5.41, 5.74) is 2.13. The Morgan fingerprint density at radius 3 is 2.42 bits per heavy atom. The lowest BCUT2D eigenvalue weighted by Gasteiger charge is -2.10. The summed E-state index contributed by atoms with van der Waals surface area (Å²) in [6.07, 6.45) is 1.51. The van der Waals surface area contributed by atoms with E-state index in [0.717, 1.165) is 11.3 Å². The van der Waals surface area contributed by atoms with Crippen molar-refractivity contribution < 1.29 is 24.5 Å². The Hall–Kier alpha value is -2.95. The van der Waals surface area contributed by atoms with Gasteiger partial charge in [0.15, 0.2) is 11.5 Å². The van der Waals surface area contributed by atoms with Gasteiger partial charge in [0.25, 0.3) is 0 Å². The Morgan fingerprint density at radius 2 is 1.88 bits per heavy atom. The number of aliphatic carboxylic acids is 1. The number of hydrogen-bond acceptors (Lipinski definition) is 4. The van der Waals surface area contributed by atoms with Gasteiger partial charge in [0, 0.05) is 0 Å². The van der Waals surface area contributed by atoms with Crippen LogP contribution in [0.1, 0.15) is 23.6 Å². The third-order valence-corrected chi connectivity index (χ3v) is 3.53. The van der Waals surface area contributed by atoms with Crippen LogP contribution in [0.4, 0.5) is 0 Å². The van der Waals surface area contributed by atoms with Crippen LogP contribution in [0.2, 0.25) is 0 Å². The Balaban J connectivity index is 2.44. The van der Waals surface area contributed by atoms with Gasteiger partial charge in [0.1, 0.15) is 5.75 Å². The van der Waals surface area contributed by atoms with Crippen LogP contribution in [0.3, 0.4) is 0 Å². The molecule has 0 unspecified atom stereocenters. The lowest BCUT2D eigenvalue weighted by atomic mass is 10.0. The van der Waals surface area contributed by atoms with E-state index >= 15 is 0 Å². The lowest BCUT2D eigenvalue weighted by molar-refractivity contribution is -0.130. The van der Waals surface area contributed by atoms with Gasteiger partial charge in [-0.05, 0) is 60.9 Å². The smallest absolute Gasteiger partial charge is 0.336 e. The van der Waals surface area contributed by atoms with Gasteiger partial charge < -0.3 is 19.7 Å². The van der Waals surface area contributed by atoms with E-state index in [1.807, 2.05) is 13.8 Å². The highest BCUT2D eigenvalue weighted by Crippen LogP contribution is 2.29. The Morgan fingerprint density at radius 1 is 1.17 bits per heavy atom. The molecular weight excluding hydrogens is 308 g/mol. The maximum Gasteiger partial charge on any atom is 0.336 e. The first-order chi connectivity index (χ1) is 11.5. The molecule has 0 saturated carbocycles. The van der Waals surface area contributed by atoms with E-state index < -0.39 is 5.97 Å². The molecule has 0 aliphatic heterocycles. The molecule has 2 rings (SSSR count). The van der Waals surface area contributed by atoms with E-state index in [-0.39, 0.29) is 11.3 Å². The monoisotopic (exact) mass is 328 g/mol. The van der Waals surface area contributed by atoms with Crippen LogP contribution in [-0.4, -0.2) is 29.9 Å². The van der Waals surface area contributed by atoms with Crippen molar-refractivity contribution in [3.05, 3.63) is 53.1 Å². The Kier molecular flexibility index (Phi) is 5.47. The standard InChI is InChI=1S/C19H20O5/c1-4-24-17-8-6-14(9-12(17)2)15(19(21)22)10-13-5-7-18(23-3)16(20)11-13/h5-11,20H,4H2,1-3H3,(H,21,22)/b15-10-. The van der Waals surface area contributed by atoms with Crippen LogP contribution < -0.4 is 9.47 Å². The number of benzene rings is 2. The summed E-state index contributed by atoms with van der Waals surface area (Å²) in [4.78, 5) is 11.6. The molecule has 2 aromatic carbocycles. The van der Waals surface area contributed by atoms with Crippen LogP contribution >= 0.6 is 0 Å². The summed E-state index contributed by atoms with van der Waals surface area (Å²) in [6.45, 7) is 4.31. The van der Waals surface area contributed by atoms with Gasteiger partial charge in [0.2, 0.25) is 0 Å². The van der Waals surface area contributed by atoms with Crippen LogP contribution in [0.15, 0.2) is 36.4 Å². The molecule has 2 aromatic rings. The summed E-state index contributed by atoms with van der Waals surface area (Å²) in [5.74, 6) is -0.0262. The molecule has 0 atom stereocenters. The van der Waals surface area contributed by atoms with E-state index in [2.05, 4.69) is 0 Å². The van der Waals surface area contributed by atoms with Gasteiger partial charge in [-0.15, -0.1) is 0 Å². The van der Waals surface area contributed by atoms with E-state index in [1.54, 1.807) is 30.3 Å². The first-order valence-corrected chi connectivity index (χ1v) is 7.52. The number of aromatic hydroxyl groups is 1. The molecule has 0 heterocycles. The van der Waals surface area contributed by atoms with Crippen LogP contribution in [0.25, 0.3) is 11.6 Å². The molecule has 0 spiro atoms. The summed E-state index contributed by atoms with van der Waals surface area (Å²) in [7, 11) is 1.45. The second-order valence-electron chi connectivity index (χ2n) is 5.21. The highest BCUT2D eigenvalue weighted by molar-refractivity contribution is 6.20. The zero-order valence-corrected chi connectivity index (χ0v) is 13.9. The van der Waals surface area contributed by atoms with E-state index in [9.17, 15) is 15.0 Å². The summed E-state index contributed by atoms with van der Waals surface area (Å²) in [6, 6.07) is 9.97. The van der Waals surface area contributed by atoms with Crippen LogP contribution in [-0.2, 0) is 4.79 Å². The van der Waals surface area contributed by atoms with Gasteiger partial charge >= 0.3 is 5.97 Å². The number of methoxy groups -OCH3 is 1. The number of hydrogen-bond donors (Lipinski definition) is 2. The van der Waals surface area contributed by atoms with Gasteiger partial charge in [-0.25, -0.2) is 4.79 Å². The number of carboxylic acid groups (broad SMARTS) is 1. The molecule has 24 heavy (non-hydrogen) atoms.